The van der Waals surface area contributed by atoms with Gasteiger partial charge in [-0.3, -0.25) is 4.79 Å². The minimum Gasteiger partial charge on any atom is -0.315 e. The molecule has 27 heavy (non-hydrogen) atoms. The molecular weight excluding hydrogens is 334 g/mol. The summed E-state index contributed by atoms with van der Waals surface area (Å²) in [6.45, 7) is 3.03. The molecule has 1 aromatic heterocycles. The lowest BCUT2D eigenvalue weighted by atomic mass is 9.85. The van der Waals surface area contributed by atoms with Crippen molar-refractivity contribution in [3.8, 4) is 0 Å². The van der Waals surface area contributed by atoms with Crippen LogP contribution in [0.4, 0.5) is 0 Å². The van der Waals surface area contributed by atoms with Gasteiger partial charge in [-0.05, 0) is 36.8 Å². The fourth-order valence-corrected chi connectivity index (χ4v) is 4.99. The number of rotatable bonds is 7. The van der Waals surface area contributed by atoms with Crippen LogP contribution in [0.1, 0.15) is 80.6 Å². The third-order valence-corrected chi connectivity index (χ3v) is 6.46. The summed E-state index contributed by atoms with van der Waals surface area (Å²) in [5, 5.41) is 9.02. The summed E-state index contributed by atoms with van der Waals surface area (Å²) >= 11 is 0. The minimum atomic E-state index is 0.405. The van der Waals surface area contributed by atoms with Crippen LogP contribution in [0.2, 0.25) is 0 Å². The molecule has 2 aliphatic carbocycles. The number of carbonyl (C=O) groups is 1. The van der Waals surface area contributed by atoms with Crippen LogP contribution in [-0.4, -0.2) is 20.5 Å². The highest BCUT2D eigenvalue weighted by Gasteiger charge is 2.27. The summed E-state index contributed by atoms with van der Waals surface area (Å²) in [6, 6.07) is 8.70. The zero-order valence-corrected chi connectivity index (χ0v) is 16.5. The third kappa shape index (κ3) is 4.15. The number of nitrogens with zero attached hydrogens (tertiary/aromatic N) is 3. The summed E-state index contributed by atoms with van der Waals surface area (Å²) in [4.78, 5) is 12.4. The SMILES string of the molecule is CCn1c(CCC(=O)CC2CCCCC2)nnc1C1Cc2ccccc2C1. The molecule has 4 heteroatoms. The van der Waals surface area contributed by atoms with Crippen LogP contribution in [0, 0.1) is 5.92 Å². The van der Waals surface area contributed by atoms with Crippen molar-refractivity contribution in [2.75, 3.05) is 0 Å². The zero-order valence-electron chi connectivity index (χ0n) is 16.5. The predicted octanol–water partition coefficient (Wildman–Crippen LogP) is 4.65. The van der Waals surface area contributed by atoms with Gasteiger partial charge in [0.2, 0.25) is 0 Å². The van der Waals surface area contributed by atoms with E-state index in [1.54, 1.807) is 0 Å². The Kier molecular flexibility index (Phi) is 5.70. The second-order valence-electron chi connectivity index (χ2n) is 8.34. The average molecular weight is 366 g/mol. The van der Waals surface area contributed by atoms with E-state index in [1.807, 2.05) is 0 Å². The highest BCUT2D eigenvalue weighted by atomic mass is 16.1. The van der Waals surface area contributed by atoms with Gasteiger partial charge in [-0.25, -0.2) is 0 Å². The normalized spacial score (nSPS) is 18.0. The van der Waals surface area contributed by atoms with Gasteiger partial charge in [-0.1, -0.05) is 56.4 Å². The number of aromatic nitrogens is 3. The van der Waals surface area contributed by atoms with E-state index in [4.69, 9.17) is 0 Å². The van der Waals surface area contributed by atoms with Gasteiger partial charge in [-0.15, -0.1) is 10.2 Å². The van der Waals surface area contributed by atoms with Crippen molar-refractivity contribution in [2.24, 2.45) is 5.92 Å². The zero-order chi connectivity index (χ0) is 18.6. The molecule has 4 nitrogen and oxygen atoms in total. The summed E-state index contributed by atoms with van der Waals surface area (Å²) in [6.07, 6.45) is 10.6. The quantitative estimate of drug-likeness (QED) is 0.717. The Morgan fingerprint density at radius 1 is 1.07 bits per heavy atom. The first-order chi connectivity index (χ1) is 13.2. The van der Waals surface area contributed by atoms with E-state index in [9.17, 15) is 4.79 Å². The van der Waals surface area contributed by atoms with E-state index in [0.29, 0.717) is 24.0 Å². The predicted molar refractivity (Wildman–Crippen MR) is 107 cm³/mol. The molecule has 4 rings (SSSR count). The van der Waals surface area contributed by atoms with Crippen molar-refractivity contribution in [1.29, 1.82) is 0 Å². The Morgan fingerprint density at radius 3 is 2.44 bits per heavy atom. The number of Topliss-reactive ketones (excluding diaryl/α,β-unsaturated/α-hetero) is 1. The first kappa shape index (κ1) is 18.4. The molecule has 144 valence electrons. The van der Waals surface area contributed by atoms with Crippen molar-refractivity contribution in [2.45, 2.75) is 83.6 Å². The van der Waals surface area contributed by atoms with E-state index in [0.717, 1.165) is 43.9 Å². The van der Waals surface area contributed by atoms with E-state index < -0.39 is 0 Å². The maximum absolute atomic E-state index is 12.4. The highest BCUT2D eigenvalue weighted by molar-refractivity contribution is 5.78. The van der Waals surface area contributed by atoms with Crippen molar-refractivity contribution in [1.82, 2.24) is 14.8 Å². The van der Waals surface area contributed by atoms with E-state index in [-0.39, 0.29) is 0 Å². The van der Waals surface area contributed by atoms with Gasteiger partial charge in [0.25, 0.3) is 0 Å². The number of fused-ring (bicyclic) bond motifs is 1. The Labute approximate surface area is 162 Å². The fourth-order valence-electron chi connectivity index (χ4n) is 4.99. The van der Waals surface area contributed by atoms with E-state index in [2.05, 4.69) is 46.0 Å². The van der Waals surface area contributed by atoms with Crippen LogP contribution < -0.4 is 0 Å². The lowest BCUT2D eigenvalue weighted by Gasteiger charge is -2.20. The van der Waals surface area contributed by atoms with E-state index in [1.165, 1.54) is 43.2 Å². The Bertz CT molecular complexity index is 764. The minimum absolute atomic E-state index is 0.405. The van der Waals surface area contributed by atoms with Crippen molar-refractivity contribution in [3.05, 3.63) is 47.0 Å². The topological polar surface area (TPSA) is 47.8 Å². The highest BCUT2D eigenvalue weighted by Crippen LogP contribution is 2.33. The standard InChI is InChI=1S/C23H31N3O/c1-2-26-22(13-12-21(27)14-17-8-4-3-5-9-17)24-25-23(26)20-15-18-10-6-7-11-19(18)16-20/h6-7,10-11,17,20H,2-5,8-9,12-16H2,1H3. The van der Waals surface area contributed by atoms with Gasteiger partial charge in [0.1, 0.15) is 17.4 Å². The van der Waals surface area contributed by atoms with E-state index >= 15 is 0 Å². The maximum atomic E-state index is 12.4. The first-order valence-electron chi connectivity index (χ1n) is 10.7. The van der Waals surface area contributed by atoms with Gasteiger partial charge in [0, 0.05) is 31.7 Å². The molecule has 2 aromatic rings. The molecule has 0 spiro atoms. The molecular formula is C23H31N3O. The van der Waals surface area contributed by atoms with Gasteiger partial charge in [0.15, 0.2) is 0 Å². The van der Waals surface area contributed by atoms with Gasteiger partial charge in [-0.2, -0.15) is 0 Å². The molecule has 0 bridgehead atoms. The van der Waals surface area contributed by atoms with Crippen LogP contribution in [-0.2, 0) is 30.6 Å². The molecule has 2 aliphatic rings. The molecule has 0 unspecified atom stereocenters. The molecule has 1 heterocycles. The molecule has 0 aliphatic heterocycles. The molecule has 1 fully saturated rings. The lowest BCUT2D eigenvalue weighted by Crippen LogP contribution is -2.14. The molecule has 0 saturated heterocycles. The lowest BCUT2D eigenvalue weighted by molar-refractivity contribution is -0.120. The number of hydrogen-bond acceptors (Lipinski definition) is 3. The summed E-state index contributed by atoms with van der Waals surface area (Å²) in [5.41, 5.74) is 2.88. The fraction of sp³-hybridized carbons (Fsp3) is 0.609. The summed E-state index contributed by atoms with van der Waals surface area (Å²) in [5.74, 6) is 3.54. The van der Waals surface area contributed by atoms with Gasteiger partial charge < -0.3 is 4.57 Å². The van der Waals surface area contributed by atoms with Crippen molar-refractivity contribution < 1.29 is 4.79 Å². The number of ketones is 1. The van der Waals surface area contributed by atoms with Crippen LogP contribution in [0.25, 0.3) is 0 Å². The third-order valence-electron chi connectivity index (χ3n) is 6.46. The van der Waals surface area contributed by atoms with Crippen molar-refractivity contribution >= 4 is 5.78 Å². The maximum Gasteiger partial charge on any atom is 0.136 e. The largest absolute Gasteiger partial charge is 0.315 e. The molecule has 0 N–H and O–H groups in total. The molecule has 0 radical (unpaired) electrons. The van der Waals surface area contributed by atoms with Crippen LogP contribution in [0.3, 0.4) is 0 Å². The summed E-state index contributed by atoms with van der Waals surface area (Å²) < 4.78 is 2.25. The number of hydrogen-bond donors (Lipinski definition) is 0. The van der Waals surface area contributed by atoms with Crippen LogP contribution in [0.15, 0.2) is 24.3 Å². The molecule has 0 atom stereocenters. The van der Waals surface area contributed by atoms with Crippen molar-refractivity contribution in [3.63, 3.8) is 0 Å². The second-order valence-corrected chi connectivity index (χ2v) is 8.34. The molecule has 0 amide bonds. The smallest absolute Gasteiger partial charge is 0.136 e. The Morgan fingerprint density at radius 2 is 1.78 bits per heavy atom. The van der Waals surface area contributed by atoms with Crippen LogP contribution in [0.5, 0.6) is 0 Å². The number of carbonyl (C=O) groups excluding carboxylic acids is 1. The average Bonchev–Trinajstić information content (AvgIpc) is 3.30. The summed E-state index contributed by atoms with van der Waals surface area (Å²) in [7, 11) is 0. The number of benzene rings is 1. The Hall–Kier alpha value is -1.97. The van der Waals surface area contributed by atoms with Crippen LogP contribution >= 0.6 is 0 Å². The van der Waals surface area contributed by atoms with Gasteiger partial charge in [0.05, 0.1) is 0 Å². The molecule has 1 aromatic carbocycles. The number of aryl methyl sites for hydroxylation is 1. The molecule has 1 saturated carbocycles. The monoisotopic (exact) mass is 365 g/mol. The van der Waals surface area contributed by atoms with Gasteiger partial charge >= 0.3 is 0 Å². The first-order valence-corrected chi connectivity index (χ1v) is 10.7. The second kappa shape index (κ2) is 8.37. The Balaban J connectivity index is 1.37.